The number of rotatable bonds is 4. The SMILES string of the molecule is CN1CCCCC1CNc1ccc(F)c(C(N)=O)c1. The summed E-state index contributed by atoms with van der Waals surface area (Å²) >= 11 is 0. The highest BCUT2D eigenvalue weighted by atomic mass is 19.1. The molecular formula is C14H20FN3O. The fourth-order valence-electron chi connectivity index (χ4n) is 2.46. The van der Waals surface area contributed by atoms with E-state index in [1.807, 2.05) is 0 Å². The smallest absolute Gasteiger partial charge is 0.251 e. The molecule has 5 heteroatoms. The number of benzene rings is 1. The Kier molecular flexibility index (Phi) is 4.37. The molecule has 0 bridgehead atoms. The Balaban J connectivity index is 1.99. The van der Waals surface area contributed by atoms with Gasteiger partial charge in [-0.1, -0.05) is 6.42 Å². The number of carbonyl (C=O) groups excluding carboxylic acids is 1. The quantitative estimate of drug-likeness (QED) is 0.873. The van der Waals surface area contributed by atoms with E-state index in [9.17, 15) is 9.18 Å². The maximum absolute atomic E-state index is 13.3. The normalized spacial score (nSPS) is 20.2. The predicted molar refractivity (Wildman–Crippen MR) is 73.7 cm³/mol. The van der Waals surface area contributed by atoms with Crippen LogP contribution in [-0.4, -0.2) is 37.0 Å². The van der Waals surface area contributed by atoms with Crippen LogP contribution in [0, 0.1) is 5.82 Å². The highest BCUT2D eigenvalue weighted by Gasteiger charge is 2.18. The topological polar surface area (TPSA) is 58.4 Å². The van der Waals surface area contributed by atoms with E-state index in [0.717, 1.165) is 25.2 Å². The third-order valence-corrected chi connectivity index (χ3v) is 3.70. The van der Waals surface area contributed by atoms with Gasteiger partial charge in [-0.25, -0.2) is 4.39 Å². The summed E-state index contributed by atoms with van der Waals surface area (Å²) in [5, 5.41) is 3.25. The van der Waals surface area contributed by atoms with Gasteiger partial charge in [0.05, 0.1) is 5.56 Å². The highest BCUT2D eigenvalue weighted by Crippen LogP contribution is 2.18. The summed E-state index contributed by atoms with van der Waals surface area (Å²) in [5.74, 6) is -1.32. The van der Waals surface area contributed by atoms with E-state index in [-0.39, 0.29) is 5.56 Å². The molecule has 3 N–H and O–H groups in total. The largest absolute Gasteiger partial charge is 0.383 e. The minimum Gasteiger partial charge on any atom is -0.383 e. The second-order valence-electron chi connectivity index (χ2n) is 5.07. The molecule has 1 aromatic carbocycles. The number of halogens is 1. The maximum atomic E-state index is 13.3. The highest BCUT2D eigenvalue weighted by molar-refractivity contribution is 5.94. The van der Waals surface area contributed by atoms with Gasteiger partial charge in [0.15, 0.2) is 0 Å². The van der Waals surface area contributed by atoms with Gasteiger partial charge < -0.3 is 16.0 Å². The van der Waals surface area contributed by atoms with Crippen molar-refractivity contribution in [2.45, 2.75) is 25.3 Å². The van der Waals surface area contributed by atoms with Gasteiger partial charge in [0.1, 0.15) is 5.82 Å². The number of carbonyl (C=O) groups is 1. The van der Waals surface area contributed by atoms with Crippen molar-refractivity contribution in [1.82, 2.24) is 4.90 Å². The van der Waals surface area contributed by atoms with Gasteiger partial charge in [-0.05, 0) is 44.6 Å². The van der Waals surface area contributed by atoms with E-state index < -0.39 is 11.7 Å². The lowest BCUT2D eigenvalue weighted by atomic mass is 10.0. The van der Waals surface area contributed by atoms with E-state index >= 15 is 0 Å². The van der Waals surface area contributed by atoms with Crippen molar-refractivity contribution in [3.05, 3.63) is 29.6 Å². The van der Waals surface area contributed by atoms with Gasteiger partial charge in [0.25, 0.3) is 5.91 Å². The summed E-state index contributed by atoms with van der Waals surface area (Å²) in [6.07, 6.45) is 3.65. The number of nitrogens with zero attached hydrogens (tertiary/aromatic N) is 1. The summed E-state index contributed by atoms with van der Waals surface area (Å²) in [5.41, 5.74) is 5.79. The number of primary amides is 1. The molecular weight excluding hydrogens is 245 g/mol. The summed E-state index contributed by atoms with van der Waals surface area (Å²) < 4.78 is 13.3. The summed E-state index contributed by atoms with van der Waals surface area (Å²) in [4.78, 5) is 13.4. The minimum atomic E-state index is -0.740. The van der Waals surface area contributed by atoms with Crippen molar-refractivity contribution in [2.75, 3.05) is 25.5 Å². The lowest BCUT2D eigenvalue weighted by Gasteiger charge is -2.32. The number of nitrogens with one attached hydrogen (secondary N) is 1. The molecule has 1 saturated heterocycles. The molecule has 0 aliphatic carbocycles. The fourth-order valence-corrected chi connectivity index (χ4v) is 2.46. The Morgan fingerprint density at radius 2 is 2.32 bits per heavy atom. The van der Waals surface area contributed by atoms with Crippen molar-refractivity contribution in [3.8, 4) is 0 Å². The molecule has 1 heterocycles. The zero-order valence-electron chi connectivity index (χ0n) is 11.2. The maximum Gasteiger partial charge on any atom is 0.251 e. The van der Waals surface area contributed by atoms with Crippen LogP contribution >= 0.6 is 0 Å². The van der Waals surface area contributed by atoms with Crippen LogP contribution in [0.5, 0.6) is 0 Å². The predicted octanol–water partition coefficient (Wildman–Crippen LogP) is 1.82. The Hall–Kier alpha value is -1.62. The molecule has 0 spiro atoms. The van der Waals surface area contributed by atoms with E-state index in [1.165, 1.54) is 25.0 Å². The molecule has 1 aliphatic rings. The first-order valence-corrected chi connectivity index (χ1v) is 6.61. The number of anilines is 1. The number of likely N-dealkylation sites (tertiary alicyclic amines) is 1. The van der Waals surface area contributed by atoms with Gasteiger partial charge in [-0.2, -0.15) is 0 Å². The van der Waals surface area contributed by atoms with Crippen molar-refractivity contribution >= 4 is 11.6 Å². The zero-order valence-corrected chi connectivity index (χ0v) is 11.2. The number of amides is 1. The number of hydrogen-bond acceptors (Lipinski definition) is 3. The molecule has 1 unspecified atom stereocenters. The molecule has 1 aromatic rings. The Morgan fingerprint density at radius 1 is 1.53 bits per heavy atom. The van der Waals surface area contributed by atoms with Gasteiger partial charge in [-0.3, -0.25) is 4.79 Å². The fraction of sp³-hybridized carbons (Fsp3) is 0.500. The second-order valence-corrected chi connectivity index (χ2v) is 5.07. The summed E-state index contributed by atoms with van der Waals surface area (Å²) in [6, 6.07) is 4.86. The molecule has 1 fully saturated rings. The van der Waals surface area contributed by atoms with Crippen LogP contribution in [0.4, 0.5) is 10.1 Å². The molecule has 104 valence electrons. The molecule has 0 aromatic heterocycles. The van der Waals surface area contributed by atoms with Gasteiger partial charge in [-0.15, -0.1) is 0 Å². The third kappa shape index (κ3) is 3.44. The van der Waals surface area contributed by atoms with E-state index in [2.05, 4.69) is 17.3 Å². The Labute approximate surface area is 112 Å². The first-order valence-electron chi connectivity index (χ1n) is 6.61. The number of piperidine rings is 1. The molecule has 2 rings (SSSR count). The molecule has 19 heavy (non-hydrogen) atoms. The van der Waals surface area contributed by atoms with Crippen LogP contribution < -0.4 is 11.1 Å². The average Bonchev–Trinajstić information content (AvgIpc) is 2.39. The van der Waals surface area contributed by atoms with Crippen LogP contribution in [0.1, 0.15) is 29.6 Å². The number of hydrogen-bond donors (Lipinski definition) is 2. The Bertz CT molecular complexity index is 464. The molecule has 1 atom stereocenters. The van der Waals surface area contributed by atoms with Crippen LogP contribution in [-0.2, 0) is 0 Å². The lowest BCUT2D eigenvalue weighted by Crippen LogP contribution is -2.40. The van der Waals surface area contributed by atoms with E-state index in [4.69, 9.17) is 5.73 Å². The molecule has 1 aliphatic heterocycles. The van der Waals surface area contributed by atoms with Crippen molar-refractivity contribution < 1.29 is 9.18 Å². The first kappa shape index (κ1) is 13.8. The second kappa shape index (κ2) is 6.02. The molecule has 0 radical (unpaired) electrons. The number of likely N-dealkylation sites (N-methyl/N-ethyl adjacent to an activating group) is 1. The van der Waals surface area contributed by atoms with Crippen molar-refractivity contribution in [1.29, 1.82) is 0 Å². The standard InChI is InChI=1S/C14H20FN3O/c1-18-7-3-2-4-11(18)9-17-10-5-6-13(15)12(8-10)14(16)19/h5-6,8,11,17H,2-4,7,9H2,1H3,(H2,16,19). The summed E-state index contributed by atoms with van der Waals surface area (Å²) in [6.45, 7) is 1.91. The molecule has 4 nitrogen and oxygen atoms in total. The molecule has 0 saturated carbocycles. The number of nitrogens with two attached hydrogens (primary N) is 1. The zero-order chi connectivity index (χ0) is 13.8. The van der Waals surface area contributed by atoms with Crippen molar-refractivity contribution in [3.63, 3.8) is 0 Å². The van der Waals surface area contributed by atoms with Crippen LogP contribution in [0.2, 0.25) is 0 Å². The molecule has 1 amide bonds. The lowest BCUT2D eigenvalue weighted by molar-refractivity contribution is 0.0996. The summed E-state index contributed by atoms with van der Waals surface area (Å²) in [7, 11) is 2.12. The monoisotopic (exact) mass is 265 g/mol. The first-order chi connectivity index (χ1) is 9.08. The van der Waals surface area contributed by atoms with Crippen molar-refractivity contribution in [2.24, 2.45) is 5.73 Å². The van der Waals surface area contributed by atoms with Gasteiger partial charge in [0.2, 0.25) is 0 Å². The van der Waals surface area contributed by atoms with Crippen LogP contribution in [0.3, 0.4) is 0 Å². The van der Waals surface area contributed by atoms with Crippen LogP contribution in [0.15, 0.2) is 18.2 Å². The average molecular weight is 265 g/mol. The minimum absolute atomic E-state index is 0.0676. The van der Waals surface area contributed by atoms with E-state index in [1.54, 1.807) is 6.07 Å². The van der Waals surface area contributed by atoms with Crippen LogP contribution in [0.25, 0.3) is 0 Å². The van der Waals surface area contributed by atoms with Gasteiger partial charge in [0, 0.05) is 18.3 Å². The Morgan fingerprint density at radius 3 is 3.00 bits per heavy atom. The third-order valence-electron chi connectivity index (χ3n) is 3.70. The van der Waals surface area contributed by atoms with E-state index in [0.29, 0.717) is 6.04 Å². The van der Waals surface area contributed by atoms with Gasteiger partial charge >= 0.3 is 0 Å².